The molecule has 2 aliphatic heterocycles. The minimum Gasteiger partial charge on any atom is -0.403 e. The minimum absolute atomic E-state index is 0.122. The summed E-state index contributed by atoms with van der Waals surface area (Å²) >= 11 is 6.30. The molecule has 0 amide bonds. The Balaban J connectivity index is 1.84. The van der Waals surface area contributed by atoms with E-state index in [0.717, 1.165) is 18.4 Å². The molecular formula is C21H24ClN5O. The van der Waals surface area contributed by atoms with Crippen molar-refractivity contribution in [3.8, 4) is 0 Å². The maximum atomic E-state index is 10.8. The molecule has 6 nitrogen and oxygen atoms in total. The van der Waals surface area contributed by atoms with Crippen molar-refractivity contribution in [1.82, 2.24) is 10.3 Å². The van der Waals surface area contributed by atoms with E-state index in [0.29, 0.717) is 28.7 Å². The van der Waals surface area contributed by atoms with Crippen molar-refractivity contribution < 1.29 is 5.11 Å². The second kappa shape index (κ2) is 6.90. The lowest BCUT2D eigenvalue weighted by Crippen LogP contribution is -2.35. The zero-order chi connectivity index (χ0) is 20.1. The fourth-order valence-electron chi connectivity index (χ4n) is 3.99. The Labute approximate surface area is 169 Å². The van der Waals surface area contributed by atoms with Gasteiger partial charge in [0.15, 0.2) is 5.84 Å². The molecule has 7 heteroatoms. The number of benzene rings is 1. The highest BCUT2D eigenvalue weighted by Crippen LogP contribution is 2.55. The summed E-state index contributed by atoms with van der Waals surface area (Å²) in [5, 5.41) is 16.1. The van der Waals surface area contributed by atoms with Gasteiger partial charge in [0, 0.05) is 17.5 Å². The third-order valence-corrected chi connectivity index (χ3v) is 5.98. The summed E-state index contributed by atoms with van der Waals surface area (Å²) in [6.45, 7) is 8.26. The van der Waals surface area contributed by atoms with E-state index >= 15 is 0 Å². The topological polar surface area (TPSA) is 99.7 Å². The van der Waals surface area contributed by atoms with Crippen LogP contribution < -0.4 is 16.9 Å². The van der Waals surface area contributed by atoms with Gasteiger partial charge in [0.05, 0.1) is 22.9 Å². The average molecular weight is 398 g/mol. The molecule has 1 spiro atoms. The largest absolute Gasteiger partial charge is 0.403 e. The number of amidine groups is 1. The Morgan fingerprint density at radius 3 is 2.75 bits per heavy atom. The number of hydrogen-bond acceptors (Lipinski definition) is 6. The maximum absolute atomic E-state index is 10.8. The van der Waals surface area contributed by atoms with Crippen LogP contribution in [0.4, 0.5) is 0 Å². The number of hydrazine groups is 1. The molecule has 4 rings (SSSR count). The van der Waals surface area contributed by atoms with Crippen LogP contribution in [0.2, 0.25) is 0 Å². The molecular weight excluding hydrogens is 374 g/mol. The summed E-state index contributed by atoms with van der Waals surface area (Å²) in [6.07, 6.45) is 6.39. The highest BCUT2D eigenvalue weighted by atomic mass is 35.5. The number of aliphatic hydroxyl groups excluding tert-OH is 1. The van der Waals surface area contributed by atoms with Crippen molar-refractivity contribution in [2.24, 2.45) is 22.5 Å². The number of rotatable bonds is 2. The molecule has 1 saturated heterocycles. The number of fused-ring (bicyclic) bond motifs is 1. The minimum atomic E-state index is -0.830. The first-order valence-electron chi connectivity index (χ1n) is 9.22. The molecule has 1 aromatic carbocycles. The van der Waals surface area contributed by atoms with Crippen LogP contribution in [0.1, 0.15) is 30.1 Å². The average Bonchev–Trinajstić information content (AvgIpc) is 3.60. The van der Waals surface area contributed by atoms with E-state index in [9.17, 15) is 5.11 Å². The Hall–Kier alpha value is -2.38. The third kappa shape index (κ3) is 2.99. The second-order valence-corrected chi connectivity index (χ2v) is 7.84. The maximum Gasteiger partial charge on any atom is 0.151 e. The van der Waals surface area contributed by atoms with Gasteiger partial charge in [-0.3, -0.25) is 5.84 Å². The van der Waals surface area contributed by atoms with Crippen LogP contribution in [0.5, 0.6) is 0 Å². The predicted molar refractivity (Wildman–Crippen MR) is 113 cm³/mol. The highest BCUT2D eigenvalue weighted by molar-refractivity contribution is 6.43. The van der Waals surface area contributed by atoms with Crippen LogP contribution >= 0.6 is 11.6 Å². The van der Waals surface area contributed by atoms with E-state index < -0.39 is 11.6 Å². The Bertz CT molecular complexity index is 932. The molecule has 146 valence electrons. The van der Waals surface area contributed by atoms with Crippen LogP contribution in [0.3, 0.4) is 0 Å². The molecule has 1 aliphatic carbocycles. The molecule has 3 aliphatic rings. The van der Waals surface area contributed by atoms with Crippen molar-refractivity contribution in [1.29, 1.82) is 0 Å². The quantitative estimate of drug-likeness (QED) is 0.349. The van der Waals surface area contributed by atoms with Crippen LogP contribution in [0, 0.1) is 5.92 Å². The SMILES string of the molecule is C=C1N=C(/C(Cl)=C\N)NC(=C)C2(/C=C\C(O)c3ccccc31)C(C1CC1)N2N. The molecule has 0 bridgehead atoms. The lowest BCUT2D eigenvalue weighted by atomic mass is 9.95. The standard InChI is InChI=1S/C21H24ClN5O/c1-12-15-5-3-4-6-16(15)18(28)9-10-21(19(27(21)24)14-7-8-14)13(2)26-20(25-12)17(22)11-23/h3-6,9-11,14,18-19,28H,1-2,7-8,23-24H2,(H,25,26)/b10-9-,17-11+. The first-order valence-corrected chi connectivity index (χ1v) is 9.60. The number of aliphatic hydroxyl groups is 1. The van der Waals surface area contributed by atoms with Crippen molar-refractivity contribution in [2.75, 3.05) is 0 Å². The van der Waals surface area contributed by atoms with Gasteiger partial charge < -0.3 is 16.2 Å². The summed E-state index contributed by atoms with van der Waals surface area (Å²) < 4.78 is 0. The highest BCUT2D eigenvalue weighted by Gasteiger charge is 2.67. The van der Waals surface area contributed by atoms with Crippen LogP contribution in [-0.4, -0.2) is 27.5 Å². The van der Waals surface area contributed by atoms with E-state index in [1.807, 2.05) is 30.3 Å². The van der Waals surface area contributed by atoms with E-state index in [2.05, 4.69) is 23.5 Å². The monoisotopic (exact) mass is 397 g/mol. The number of nitrogens with zero attached hydrogens (tertiary/aromatic N) is 2. The summed E-state index contributed by atoms with van der Waals surface area (Å²) in [5.74, 6) is 7.20. The summed E-state index contributed by atoms with van der Waals surface area (Å²) in [5.41, 5.74) is 7.53. The van der Waals surface area contributed by atoms with Gasteiger partial charge in [0.1, 0.15) is 5.54 Å². The fourth-order valence-corrected chi connectivity index (χ4v) is 4.07. The normalized spacial score (nSPS) is 34.2. The van der Waals surface area contributed by atoms with Gasteiger partial charge in [-0.05, 0) is 24.3 Å². The molecule has 6 N–H and O–H groups in total. The van der Waals surface area contributed by atoms with E-state index in [4.69, 9.17) is 23.2 Å². The molecule has 2 heterocycles. The summed E-state index contributed by atoms with van der Waals surface area (Å²) in [7, 11) is 0. The Morgan fingerprint density at radius 2 is 2.07 bits per heavy atom. The molecule has 28 heavy (non-hydrogen) atoms. The molecule has 1 aromatic rings. The second-order valence-electron chi connectivity index (χ2n) is 7.43. The fraction of sp³-hybridized carbons (Fsp3) is 0.286. The summed E-state index contributed by atoms with van der Waals surface area (Å²) in [4.78, 5) is 4.55. The number of hydrogen-bond donors (Lipinski definition) is 4. The van der Waals surface area contributed by atoms with Gasteiger partial charge in [-0.15, -0.1) is 0 Å². The molecule has 0 aromatic heterocycles. The van der Waals surface area contributed by atoms with Gasteiger partial charge >= 0.3 is 0 Å². The third-order valence-electron chi connectivity index (χ3n) is 5.67. The van der Waals surface area contributed by atoms with E-state index in [1.54, 1.807) is 11.1 Å². The van der Waals surface area contributed by atoms with Gasteiger partial charge in [-0.2, -0.15) is 0 Å². The first-order chi connectivity index (χ1) is 13.4. The van der Waals surface area contributed by atoms with Crippen molar-refractivity contribution in [3.63, 3.8) is 0 Å². The van der Waals surface area contributed by atoms with Crippen LogP contribution in [-0.2, 0) is 0 Å². The lowest BCUT2D eigenvalue weighted by Gasteiger charge is -2.19. The number of nitrogens with one attached hydrogen (secondary N) is 1. The molecule has 1 saturated carbocycles. The van der Waals surface area contributed by atoms with E-state index in [1.165, 1.54) is 6.20 Å². The zero-order valence-electron chi connectivity index (χ0n) is 15.5. The molecule has 2 fully saturated rings. The van der Waals surface area contributed by atoms with Crippen LogP contribution in [0.25, 0.3) is 5.70 Å². The Kier molecular flexibility index (Phi) is 4.67. The molecule has 4 unspecified atom stereocenters. The lowest BCUT2D eigenvalue weighted by molar-refractivity contribution is 0.227. The number of aliphatic imine (C=N–C) groups is 1. The van der Waals surface area contributed by atoms with Gasteiger partial charge in [0.2, 0.25) is 0 Å². The Morgan fingerprint density at radius 1 is 1.36 bits per heavy atom. The number of nitrogens with two attached hydrogens (primary N) is 2. The van der Waals surface area contributed by atoms with Crippen molar-refractivity contribution >= 4 is 23.1 Å². The van der Waals surface area contributed by atoms with Gasteiger partial charge in [-0.1, -0.05) is 61.2 Å². The number of halogens is 1. The van der Waals surface area contributed by atoms with Gasteiger partial charge in [0.25, 0.3) is 0 Å². The summed E-state index contributed by atoms with van der Waals surface area (Å²) in [6, 6.07) is 7.57. The smallest absolute Gasteiger partial charge is 0.151 e. The zero-order valence-corrected chi connectivity index (χ0v) is 16.2. The first kappa shape index (κ1) is 19.0. The molecule has 4 atom stereocenters. The van der Waals surface area contributed by atoms with Crippen molar-refractivity contribution in [2.45, 2.75) is 30.5 Å². The van der Waals surface area contributed by atoms with E-state index in [-0.39, 0.29) is 11.1 Å². The van der Waals surface area contributed by atoms with Crippen LogP contribution in [0.15, 0.2) is 71.5 Å². The van der Waals surface area contributed by atoms with Crippen molar-refractivity contribution in [3.05, 3.63) is 77.6 Å². The van der Waals surface area contributed by atoms with Gasteiger partial charge in [-0.25, -0.2) is 10.0 Å². The molecule has 0 radical (unpaired) electrons. The predicted octanol–water partition coefficient (Wildman–Crippen LogP) is 2.51.